The molecule has 6 nitrogen and oxygen atoms in total. The van der Waals surface area contributed by atoms with Crippen LogP contribution in [0.25, 0.3) is 0 Å². The number of para-hydroxylation sites is 1. The summed E-state index contributed by atoms with van der Waals surface area (Å²) in [7, 11) is 1.60. The van der Waals surface area contributed by atoms with Crippen LogP contribution in [0.5, 0.6) is 11.5 Å². The number of benzene rings is 3. The van der Waals surface area contributed by atoms with Crippen LogP contribution >= 0.6 is 0 Å². The number of fused-ring (bicyclic) bond motifs is 1. The van der Waals surface area contributed by atoms with Crippen molar-refractivity contribution in [2.45, 2.75) is 32.4 Å². The van der Waals surface area contributed by atoms with Crippen LogP contribution < -0.4 is 19.7 Å². The summed E-state index contributed by atoms with van der Waals surface area (Å²) in [6, 6.07) is 22.3. The predicted molar refractivity (Wildman–Crippen MR) is 128 cm³/mol. The van der Waals surface area contributed by atoms with Gasteiger partial charge in [0.05, 0.1) is 13.7 Å². The summed E-state index contributed by atoms with van der Waals surface area (Å²) in [5.41, 5.74) is 1.88. The molecule has 0 saturated carbocycles. The van der Waals surface area contributed by atoms with Gasteiger partial charge < -0.3 is 14.8 Å². The van der Waals surface area contributed by atoms with Gasteiger partial charge in [-0.15, -0.1) is 0 Å². The van der Waals surface area contributed by atoms with Crippen LogP contribution in [0.15, 0.2) is 72.8 Å². The van der Waals surface area contributed by atoms with Gasteiger partial charge in [0.15, 0.2) is 0 Å². The van der Waals surface area contributed by atoms with Crippen molar-refractivity contribution in [3.05, 3.63) is 89.5 Å². The maximum absolute atomic E-state index is 13.6. The quantitative estimate of drug-likeness (QED) is 0.588. The first-order chi connectivity index (χ1) is 16.0. The van der Waals surface area contributed by atoms with Crippen molar-refractivity contribution in [1.82, 2.24) is 5.32 Å². The summed E-state index contributed by atoms with van der Waals surface area (Å²) in [6.07, 6.45) is 0.403. The Kier molecular flexibility index (Phi) is 6.36. The normalized spacial score (nSPS) is 17.3. The molecule has 3 aromatic rings. The van der Waals surface area contributed by atoms with Gasteiger partial charge in [0.1, 0.15) is 17.0 Å². The van der Waals surface area contributed by atoms with Crippen molar-refractivity contribution in [1.29, 1.82) is 0 Å². The molecule has 0 aromatic heterocycles. The fraction of sp³-hybridized carbons (Fsp3) is 0.259. The molecule has 1 aliphatic heterocycles. The lowest BCUT2D eigenvalue weighted by molar-refractivity contribution is -0.126. The second kappa shape index (κ2) is 9.36. The number of anilines is 1. The van der Waals surface area contributed by atoms with Gasteiger partial charge in [-0.3, -0.25) is 14.5 Å². The van der Waals surface area contributed by atoms with Crippen molar-refractivity contribution < 1.29 is 19.1 Å². The average Bonchev–Trinajstić information content (AvgIpc) is 2.84. The molecule has 0 fully saturated rings. The van der Waals surface area contributed by atoms with Gasteiger partial charge in [0, 0.05) is 29.8 Å². The average molecular weight is 445 g/mol. The number of carbonyl (C=O) groups is 2. The smallest absolute Gasteiger partial charge is 0.259 e. The van der Waals surface area contributed by atoms with Gasteiger partial charge in [-0.1, -0.05) is 36.4 Å². The lowest BCUT2D eigenvalue weighted by Gasteiger charge is -2.44. The van der Waals surface area contributed by atoms with Gasteiger partial charge in [-0.25, -0.2) is 0 Å². The molecule has 33 heavy (non-hydrogen) atoms. The number of hydrogen-bond donors (Lipinski definition) is 1. The molecule has 6 heteroatoms. The Labute approximate surface area is 194 Å². The topological polar surface area (TPSA) is 67.9 Å². The van der Waals surface area contributed by atoms with E-state index in [2.05, 4.69) is 5.32 Å². The maximum Gasteiger partial charge on any atom is 0.259 e. The van der Waals surface area contributed by atoms with Crippen LogP contribution in [0, 0.1) is 0 Å². The fourth-order valence-electron chi connectivity index (χ4n) is 4.33. The van der Waals surface area contributed by atoms with Gasteiger partial charge in [-0.2, -0.15) is 0 Å². The minimum atomic E-state index is -1.11. The lowest BCUT2D eigenvalue weighted by atomic mass is 9.82. The van der Waals surface area contributed by atoms with E-state index >= 15 is 0 Å². The highest BCUT2D eigenvalue weighted by molar-refractivity contribution is 6.14. The van der Waals surface area contributed by atoms with Gasteiger partial charge in [0.2, 0.25) is 5.91 Å². The number of ether oxygens (including phenoxy) is 2. The number of methoxy groups -OCH3 is 1. The molecule has 1 atom stereocenters. The van der Waals surface area contributed by atoms with Gasteiger partial charge in [0.25, 0.3) is 5.91 Å². The van der Waals surface area contributed by atoms with Crippen molar-refractivity contribution in [3.63, 3.8) is 0 Å². The van der Waals surface area contributed by atoms with Crippen LogP contribution in [0.4, 0.5) is 5.69 Å². The van der Waals surface area contributed by atoms with Crippen LogP contribution in [0.2, 0.25) is 0 Å². The first kappa shape index (κ1) is 22.4. The lowest BCUT2D eigenvalue weighted by Crippen LogP contribution is -2.63. The van der Waals surface area contributed by atoms with Crippen LogP contribution in [-0.2, 0) is 17.8 Å². The minimum Gasteiger partial charge on any atom is -0.496 e. The van der Waals surface area contributed by atoms with E-state index in [-0.39, 0.29) is 11.8 Å². The number of rotatable bonds is 7. The predicted octanol–water partition coefficient (Wildman–Crippen LogP) is 4.37. The summed E-state index contributed by atoms with van der Waals surface area (Å²) in [5, 5.41) is 3.03. The van der Waals surface area contributed by atoms with Crippen molar-refractivity contribution >= 4 is 17.5 Å². The molecule has 2 amide bonds. The molecular formula is C27H28N2O4. The number of nitrogens with zero attached hydrogens (tertiary/aromatic N) is 1. The van der Waals surface area contributed by atoms with Gasteiger partial charge >= 0.3 is 0 Å². The molecular weight excluding hydrogens is 416 g/mol. The molecule has 1 heterocycles. The standard InChI is InChI=1S/C27H28N2O4/c1-4-33-22-15-13-21(14-16-22)29-25(30)23-11-7-5-9-19(23)17-27(29,2)26(31)28-18-20-10-6-8-12-24(20)32-3/h5-16H,4,17-18H2,1-3H3,(H,28,31). The third kappa shape index (κ3) is 4.29. The molecule has 0 aliphatic carbocycles. The van der Waals surface area contributed by atoms with Crippen molar-refractivity contribution in [2.75, 3.05) is 18.6 Å². The highest BCUT2D eigenvalue weighted by atomic mass is 16.5. The molecule has 0 saturated heterocycles. The maximum atomic E-state index is 13.6. The summed E-state index contributed by atoms with van der Waals surface area (Å²) >= 11 is 0. The highest BCUT2D eigenvalue weighted by Gasteiger charge is 2.47. The molecule has 0 bridgehead atoms. The fourth-order valence-corrected chi connectivity index (χ4v) is 4.33. The zero-order chi connectivity index (χ0) is 23.4. The summed E-state index contributed by atoms with van der Waals surface area (Å²) < 4.78 is 11.0. The molecule has 170 valence electrons. The number of carbonyl (C=O) groups excluding carboxylic acids is 2. The molecule has 4 rings (SSSR count). The van der Waals surface area contributed by atoms with E-state index in [9.17, 15) is 9.59 Å². The van der Waals surface area contributed by atoms with E-state index < -0.39 is 5.54 Å². The van der Waals surface area contributed by atoms with E-state index in [0.29, 0.717) is 42.3 Å². The largest absolute Gasteiger partial charge is 0.496 e. The molecule has 1 aliphatic rings. The molecule has 0 radical (unpaired) electrons. The zero-order valence-electron chi connectivity index (χ0n) is 19.1. The van der Waals surface area contributed by atoms with Gasteiger partial charge in [-0.05, 0) is 55.8 Å². The van der Waals surface area contributed by atoms with E-state index in [1.165, 1.54) is 0 Å². The first-order valence-electron chi connectivity index (χ1n) is 11.0. The van der Waals surface area contributed by atoms with Crippen molar-refractivity contribution in [2.24, 2.45) is 0 Å². The van der Waals surface area contributed by atoms with Crippen LogP contribution in [0.1, 0.15) is 35.3 Å². The van der Waals surface area contributed by atoms with E-state index in [4.69, 9.17) is 9.47 Å². The Bertz CT molecular complexity index is 1160. The minimum absolute atomic E-state index is 0.198. The molecule has 1 N–H and O–H groups in total. The Morgan fingerprint density at radius 1 is 1.03 bits per heavy atom. The Morgan fingerprint density at radius 3 is 2.45 bits per heavy atom. The number of amides is 2. The highest BCUT2D eigenvalue weighted by Crippen LogP contribution is 2.36. The van der Waals surface area contributed by atoms with E-state index in [1.807, 2.05) is 86.6 Å². The molecule has 3 aromatic carbocycles. The molecule has 1 unspecified atom stereocenters. The third-order valence-corrected chi connectivity index (χ3v) is 6.01. The number of nitrogens with one attached hydrogen (secondary N) is 1. The second-order valence-electron chi connectivity index (χ2n) is 8.17. The summed E-state index contributed by atoms with van der Waals surface area (Å²) in [6.45, 7) is 4.58. The summed E-state index contributed by atoms with van der Waals surface area (Å²) in [5.74, 6) is 0.992. The monoisotopic (exact) mass is 444 g/mol. The Hall–Kier alpha value is -3.80. The molecule has 0 spiro atoms. The third-order valence-electron chi connectivity index (χ3n) is 6.01. The van der Waals surface area contributed by atoms with E-state index in [1.54, 1.807) is 12.0 Å². The van der Waals surface area contributed by atoms with Crippen molar-refractivity contribution in [3.8, 4) is 11.5 Å². The first-order valence-corrected chi connectivity index (χ1v) is 11.0. The summed E-state index contributed by atoms with van der Waals surface area (Å²) in [4.78, 5) is 28.8. The van der Waals surface area contributed by atoms with E-state index in [0.717, 1.165) is 11.1 Å². The Morgan fingerprint density at radius 2 is 1.73 bits per heavy atom. The zero-order valence-corrected chi connectivity index (χ0v) is 19.1. The van der Waals surface area contributed by atoms with Crippen LogP contribution in [-0.4, -0.2) is 31.1 Å². The number of hydrogen-bond acceptors (Lipinski definition) is 4. The second-order valence-corrected chi connectivity index (χ2v) is 8.17. The Balaban J connectivity index is 1.69. The SMILES string of the molecule is CCOc1ccc(N2C(=O)c3ccccc3CC2(C)C(=O)NCc2ccccc2OC)cc1. The van der Waals surface area contributed by atoms with Crippen LogP contribution in [0.3, 0.4) is 0 Å².